The summed E-state index contributed by atoms with van der Waals surface area (Å²) in [4.78, 5) is 11.8. The second-order valence-electron chi connectivity index (χ2n) is 4.07. The molecule has 0 rings (SSSR count). The molecule has 0 radical (unpaired) electrons. The maximum absolute atomic E-state index is 11.8. The van der Waals surface area contributed by atoms with Gasteiger partial charge in [-0.05, 0) is 19.8 Å². The van der Waals surface area contributed by atoms with Gasteiger partial charge in [0.25, 0.3) is 5.79 Å². The van der Waals surface area contributed by atoms with Crippen molar-refractivity contribution in [3.05, 3.63) is 0 Å². The normalized spacial score (nSPS) is 11.5. The van der Waals surface area contributed by atoms with Crippen molar-refractivity contribution in [1.82, 2.24) is 0 Å². The third-order valence-corrected chi connectivity index (χ3v) is 2.40. The molecule has 102 valence electrons. The molecule has 0 bridgehead atoms. The van der Waals surface area contributed by atoms with Crippen LogP contribution in [0.1, 0.15) is 53.4 Å². The van der Waals surface area contributed by atoms with Gasteiger partial charge in [0.2, 0.25) is 0 Å². The lowest BCUT2D eigenvalue weighted by Crippen LogP contribution is -2.43. The zero-order chi connectivity index (χ0) is 13.1. The van der Waals surface area contributed by atoms with Gasteiger partial charge in [-0.15, -0.1) is 0 Å². The quantitative estimate of drug-likeness (QED) is 0.338. The Morgan fingerprint density at radius 2 is 1.47 bits per heavy atom. The van der Waals surface area contributed by atoms with Crippen LogP contribution in [0.25, 0.3) is 0 Å². The molecule has 0 saturated carbocycles. The van der Waals surface area contributed by atoms with E-state index in [4.69, 9.17) is 14.2 Å². The zero-order valence-corrected chi connectivity index (χ0v) is 11.6. The number of ether oxygens (including phenoxy) is 3. The first-order chi connectivity index (χ1) is 8.10. The number of hydrogen-bond acceptors (Lipinski definition) is 4. The van der Waals surface area contributed by atoms with Crippen LogP contribution in [-0.2, 0) is 19.0 Å². The molecular formula is C13H26O4. The summed E-state index contributed by atoms with van der Waals surface area (Å²) in [5.41, 5.74) is 0. The van der Waals surface area contributed by atoms with Crippen molar-refractivity contribution >= 4 is 5.97 Å². The van der Waals surface area contributed by atoms with E-state index in [0.717, 1.165) is 25.7 Å². The van der Waals surface area contributed by atoms with E-state index in [-0.39, 0.29) is 0 Å². The lowest BCUT2D eigenvalue weighted by atomic mass is 10.3. The van der Waals surface area contributed by atoms with Crippen LogP contribution in [0.5, 0.6) is 0 Å². The molecule has 0 amide bonds. The maximum Gasteiger partial charge on any atom is 0.366 e. The summed E-state index contributed by atoms with van der Waals surface area (Å²) in [6.45, 7) is 8.91. The standard InChI is InChI=1S/C13H26O4/c1-5-8-10-16-13(4,12(14)15-7-3)17-11-9-6-2/h5-11H2,1-4H3. The minimum atomic E-state index is -1.25. The van der Waals surface area contributed by atoms with E-state index >= 15 is 0 Å². The highest BCUT2D eigenvalue weighted by molar-refractivity contribution is 5.77. The van der Waals surface area contributed by atoms with Gasteiger partial charge < -0.3 is 14.2 Å². The van der Waals surface area contributed by atoms with E-state index in [1.807, 2.05) is 0 Å². The van der Waals surface area contributed by atoms with Crippen molar-refractivity contribution < 1.29 is 19.0 Å². The number of hydrogen-bond donors (Lipinski definition) is 0. The van der Waals surface area contributed by atoms with Crippen LogP contribution in [-0.4, -0.2) is 31.6 Å². The van der Waals surface area contributed by atoms with Gasteiger partial charge >= 0.3 is 5.97 Å². The minimum absolute atomic E-state index is 0.336. The van der Waals surface area contributed by atoms with Crippen LogP contribution in [0.3, 0.4) is 0 Å². The molecule has 0 aromatic heterocycles. The maximum atomic E-state index is 11.8. The number of esters is 1. The van der Waals surface area contributed by atoms with Crippen LogP contribution in [0.4, 0.5) is 0 Å². The topological polar surface area (TPSA) is 44.8 Å². The highest BCUT2D eigenvalue weighted by Crippen LogP contribution is 2.16. The summed E-state index contributed by atoms with van der Waals surface area (Å²) < 4.78 is 16.0. The van der Waals surface area contributed by atoms with Crippen LogP contribution >= 0.6 is 0 Å². The van der Waals surface area contributed by atoms with E-state index in [1.165, 1.54) is 0 Å². The summed E-state index contributed by atoms with van der Waals surface area (Å²) in [5.74, 6) is -1.69. The molecule has 0 aliphatic carbocycles. The average Bonchev–Trinajstić information content (AvgIpc) is 2.30. The fraction of sp³-hybridized carbons (Fsp3) is 0.923. The Hall–Kier alpha value is -0.610. The monoisotopic (exact) mass is 246 g/mol. The number of carbonyl (C=O) groups is 1. The van der Waals surface area contributed by atoms with Gasteiger partial charge in [0.1, 0.15) is 0 Å². The van der Waals surface area contributed by atoms with Gasteiger partial charge in [0.15, 0.2) is 0 Å². The SMILES string of the molecule is CCCCOC(C)(OCCCC)C(=O)OCC. The zero-order valence-electron chi connectivity index (χ0n) is 11.6. The van der Waals surface area contributed by atoms with E-state index in [2.05, 4.69) is 13.8 Å². The van der Waals surface area contributed by atoms with Crippen molar-refractivity contribution in [3.63, 3.8) is 0 Å². The molecule has 0 saturated heterocycles. The van der Waals surface area contributed by atoms with Crippen LogP contribution in [0.2, 0.25) is 0 Å². The molecule has 0 fully saturated rings. The molecule has 4 heteroatoms. The molecule has 17 heavy (non-hydrogen) atoms. The first kappa shape index (κ1) is 16.4. The third kappa shape index (κ3) is 6.64. The highest BCUT2D eigenvalue weighted by atomic mass is 16.7. The predicted molar refractivity (Wildman–Crippen MR) is 66.8 cm³/mol. The van der Waals surface area contributed by atoms with Gasteiger partial charge in [-0.3, -0.25) is 0 Å². The largest absolute Gasteiger partial charge is 0.462 e. The summed E-state index contributed by atoms with van der Waals surface area (Å²) >= 11 is 0. The summed E-state index contributed by atoms with van der Waals surface area (Å²) in [5, 5.41) is 0. The molecule has 0 spiro atoms. The first-order valence-corrected chi connectivity index (χ1v) is 6.55. The molecule has 0 atom stereocenters. The Balaban J connectivity index is 4.28. The number of unbranched alkanes of at least 4 members (excludes halogenated alkanes) is 2. The Morgan fingerprint density at radius 1 is 1.00 bits per heavy atom. The second-order valence-corrected chi connectivity index (χ2v) is 4.07. The Bertz CT molecular complexity index is 194. The first-order valence-electron chi connectivity index (χ1n) is 6.55. The molecule has 0 unspecified atom stereocenters. The van der Waals surface area contributed by atoms with Crippen molar-refractivity contribution in [1.29, 1.82) is 0 Å². The number of rotatable bonds is 10. The molecule has 0 aromatic rings. The van der Waals surface area contributed by atoms with Crippen LogP contribution in [0, 0.1) is 0 Å². The average molecular weight is 246 g/mol. The summed E-state index contributed by atoms with van der Waals surface area (Å²) in [6, 6.07) is 0. The van der Waals surface area contributed by atoms with Gasteiger partial charge in [-0.2, -0.15) is 0 Å². The highest BCUT2D eigenvalue weighted by Gasteiger charge is 2.37. The Morgan fingerprint density at radius 3 is 1.82 bits per heavy atom. The van der Waals surface area contributed by atoms with Crippen molar-refractivity contribution in [2.45, 2.75) is 59.2 Å². The molecule has 0 aliphatic heterocycles. The minimum Gasteiger partial charge on any atom is -0.462 e. The van der Waals surface area contributed by atoms with E-state index in [1.54, 1.807) is 13.8 Å². The molecule has 0 N–H and O–H groups in total. The van der Waals surface area contributed by atoms with Crippen LogP contribution < -0.4 is 0 Å². The fourth-order valence-electron chi connectivity index (χ4n) is 1.24. The van der Waals surface area contributed by atoms with Gasteiger partial charge in [-0.25, -0.2) is 4.79 Å². The van der Waals surface area contributed by atoms with E-state index in [0.29, 0.717) is 19.8 Å². The molecule has 0 aromatic carbocycles. The molecule has 4 nitrogen and oxygen atoms in total. The Labute approximate surface area is 105 Å². The van der Waals surface area contributed by atoms with E-state index < -0.39 is 11.8 Å². The van der Waals surface area contributed by atoms with Gasteiger partial charge in [0, 0.05) is 6.92 Å². The second kappa shape index (κ2) is 9.42. The van der Waals surface area contributed by atoms with Crippen molar-refractivity contribution in [2.24, 2.45) is 0 Å². The van der Waals surface area contributed by atoms with Gasteiger partial charge in [-0.1, -0.05) is 26.7 Å². The third-order valence-electron chi connectivity index (χ3n) is 2.40. The van der Waals surface area contributed by atoms with Gasteiger partial charge in [0.05, 0.1) is 19.8 Å². The lowest BCUT2D eigenvalue weighted by Gasteiger charge is -2.27. The molecular weight excluding hydrogens is 220 g/mol. The summed E-state index contributed by atoms with van der Waals surface area (Å²) in [7, 11) is 0. The van der Waals surface area contributed by atoms with Crippen LogP contribution in [0.15, 0.2) is 0 Å². The van der Waals surface area contributed by atoms with Crippen molar-refractivity contribution in [3.8, 4) is 0 Å². The Kier molecular flexibility index (Phi) is 9.09. The number of carbonyl (C=O) groups excluding carboxylic acids is 1. The molecule has 0 heterocycles. The predicted octanol–water partition coefficient (Wildman–Crippen LogP) is 2.90. The summed E-state index contributed by atoms with van der Waals surface area (Å²) in [6.07, 6.45) is 3.86. The fourth-order valence-corrected chi connectivity index (χ4v) is 1.24. The smallest absolute Gasteiger partial charge is 0.366 e. The van der Waals surface area contributed by atoms with Crippen molar-refractivity contribution in [2.75, 3.05) is 19.8 Å². The molecule has 0 aliphatic rings. The lowest BCUT2D eigenvalue weighted by molar-refractivity contribution is -0.241. The van der Waals surface area contributed by atoms with E-state index in [9.17, 15) is 4.79 Å².